The molecule has 0 unspecified atom stereocenters. The second kappa shape index (κ2) is 8.35. The number of non-ortho nitro benzene ring substituents is 1. The molecule has 0 fully saturated rings. The van der Waals surface area contributed by atoms with Gasteiger partial charge in [-0.05, 0) is 35.3 Å². The lowest BCUT2D eigenvalue weighted by Gasteiger charge is -2.07. The number of benzene rings is 1. The van der Waals surface area contributed by atoms with Crippen LogP contribution in [0.4, 0.5) is 5.69 Å². The van der Waals surface area contributed by atoms with Crippen molar-refractivity contribution < 1.29 is 19.2 Å². The third kappa shape index (κ3) is 5.50. The average Bonchev–Trinajstić information content (AvgIpc) is 2.44. The number of nitro benzene ring substituents is 1. The molecule has 0 saturated heterocycles. The van der Waals surface area contributed by atoms with E-state index in [4.69, 9.17) is 4.74 Å². The van der Waals surface area contributed by atoms with Crippen molar-refractivity contribution in [1.82, 2.24) is 5.32 Å². The molecule has 0 bridgehead atoms. The molecule has 114 valence electrons. The Morgan fingerprint density at radius 3 is 2.76 bits per heavy atom. The van der Waals surface area contributed by atoms with E-state index >= 15 is 0 Å². The van der Waals surface area contributed by atoms with Gasteiger partial charge >= 0.3 is 5.97 Å². The summed E-state index contributed by atoms with van der Waals surface area (Å²) in [5, 5.41) is 13.3. The van der Waals surface area contributed by atoms with Gasteiger partial charge in [0, 0.05) is 29.6 Å². The molecule has 0 saturated carbocycles. The van der Waals surface area contributed by atoms with Crippen molar-refractivity contribution in [3.63, 3.8) is 0 Å². The van der Waals surface area contributed by atoms with Gasteiger partial charge < -0.3 is 10.1 Å². The third-order valence-corrected chi connectivity index (χ3v) is 3.25. The lowest BCUT2D eigenvalue weighted by Crippen LogP contribution is -2.25. The van der Waals surface area contributed by atoms with E-state index in [9.17, 15) is 19.7 Å². The summed E-state index contributed by atoms with van der Waals surface area (Å²) >= 11 is 3.18. The Bertz CT molecular complexity index is 547. The van der Waals surface area contributed by atoms with Gasteiger partial charge in [-0.15, -0.1) is 0 Å². The number of halogens is 1. The molecule has 1 amide bonds. The molecule has 0 spiro atoms. The summed E-state index contributed by atoms with van der Waals surface area (Å²) in [4.78, 5) is 33.2. The number of nitrogens with one attached hydrogen (secondary N) is 1. The molecule has 1 aromatic rings. The Balaban J connectivity index is 2.54. The third-order valence-electron chi connectivity index (χ3n) is 2.55. The van der Waals surface area contributed by atoms with E-state index in [2.05, 4.69) is 21.2 Å². The summed E-state index contributed by atoms with van der Waals surface area (Å²) in [5.74, 6) is -0.752. The van der Waals surface area contributed by atoms with Gasteiger partial charge in [-0.2, -0.15) is 0 Å². The van der Waals surface area contributed by atoms with Gasteiger partial charge in [-0.3, -0.25) is 19.7 Å². The van der Waals surface area contributed by atoms with Crippen molar-refractivity contribution in [2.24, 2.45) is 0 Å². The van der Waals surface area contributed by atoms with Crippen molar-refractivity contribution in [1.29, 1.82) is 0 Å². The van der Waals surface area contributed by atoms with Crippen LogP contribution in [0, 0.1) is 10.1 Å². The highest BCUT2D eigenvalue weighted by Gasteiger charge is 2.15. The number of amides is 1. The summed E-state index contributed by atoms with van der Waals surface area (Å²) in [6, 6.07) is 3.96. The van der Waals surface area contributed by atoms with Gasteiger partial charge in [0.15, 0.2) is 0 Å². The van der Waals surface area contributed by atoms with Crippen LogP contribution in [-0.4, -0.2) is 30.0 Å². The topological polar surface area (TPSA) is 98.5 Å². The first-order valence-electron chi connectivity index (χ1n) is 6.33. The summed E-state index contributed by atoms with van der Waals surface area (Å²) in [6.07, 6.45) is 0.654. The highest BCUT2D eigenvalue weighted by molar-refractivity contribution is 9.10. The molecular formula is C13H15BrN2O5. The zero-order chi connectivity index (χ0) is 15.8. The van der Waals surface area contributed by atoms with Crippen LogP contribution in [-0.2, 0) is 9.53 Å². The Hall–Kier alpha value is -1.96. The van der Waals surface area contributed by atoms with E-state index in [1.54, 1.807) is 6.92 Å². The largest absolute Gasteiger partial charge is 0.466 e. The second-order valence-corrected chi connectivity index (χ2v) is 4.94. The van der Waals surface area contributed by atoms with Gasteiger partial charge in [-0.25, -0.2) is 0 Å². The minimum absolute atomic E-state index is 0.158. The van der Waals surface area contributed by atoms with Crippen LogP contribution in [0.3, 0.4) is 0 Å². The van der Waals surface area contributed by atoms with Crippen molar-refractivity contribution >= 4 is 33.5 Å². The normalized spacial score (nSPS) is 10.0. The Morgan fingerprint density at radius 2 is 2.14 bits per heavy atom. The lowest BCUT2D eigenvalue weighted by molar-refractivity contribution is -0.384. The van der Waals surface area contributed by atoms with Crippen molar-refractivity contribution in [3.05, 3.63) is 38.3 Å². The van der Waals surface area contributed by atoms with Gasteiger partial charge in [0.05, 0.1) is 17.1 Å². The van der Waals surface area contributed by atoms with Crippen LogP contribution >= 0.6 is 15.9 Å². The van der Waals surface area contributed by atoms with Gasteiger partial charge in [0.2, 0.25) is 0 Å². The first-order valence-corrected chi connectivity index (χ1v) is 7.12. The first kappa shape index (κ1) is 17.1. The SMILES string of the molecule is CCOC(=O)CCCNC(=O)c1cc([N+](=O)[O-])ccc1Br. The molecule has 0 aliphatic heterocycles. The van der Waals surface area contributed by atoms with E-state index in [1.165, 1.54) is 18.2 Å². The van der Waals surface area contributed by atoms with Crippen LogP contribution in [0.25, 0.3) is 0 Å². The molecule has 1 N–H and O–H groups in total. The fraction of sp³-hybridized carbons (Fsp3) is 0.385. The number of carbonyl (C=O) groups is 2. The molecule has 1 rings (SSSR count). The van der Waals surface area contributed by atoms with Crippen LogP contribution < -0.4 is 5.32 Å². The van der Waals surface area contributed by atoms with Gasteiger partial charge in [0.25, 0.3) is 11.6 Å². The van der Waals surface area contributed by atoms with Crippen LogP contribution in [0.15, 0.2) is 22.7 Å². The molecule has 0 radical (unpaired) electrons. The number of carbonyl (C=O) groups excluding carboxylic acids is 2. The molecule has 0 atom stereocenters. The number of hydrogen-bond donors (Lipinski definition) is 1. The molecule has 0 aliphatic carbocycles. The van der Waals surface area contributed by atoms with E-state index in [0.29, 0.717) is 17.5 Å². The van der Waals surface area contributed by atoms with Crippen LogP contribution in [0.1, 0.15) is 30.1 Å². The Morgan fingerprint density at radius 1 is 1.43 bits per heavy atom. The number of rotatable bonds is 7. The summed E-state index contributed by atoms with van der Waals surface area (Å²) < 4.78 is 5.23. The number of nitro groups is 1. The van der Waals surface area contributed by atoms with E-state index < -0.39 is 10.8 Å². The molecule has 0 aliphatic rings. The molecule has 7 nitrogen and oxygen atoms in total. The zero-order valence-electron chi connectivity index (χ0n) is 11.4. The summed E-state index contributed by atoms with van der Waals surface area (Å²) in [6.45, 7) is 2.33. The predicted octanol–water partition coefficient (Wildman–Crippen LogP) is 2.43. The van der Waals surface area contributed by atoms with E-state index in [0.717, 1.165) is 0 Å². The highest BCUT2D eigenvalue weighted by Crippen LogP contribution is 2.22. The molecular weight excluding hydrogens is 344 g/mol. The molecule has 0 aromatic heterocycles. The van der Waals surface area contributed by atoms with Gasteiger partial charge in [0.1, 0.15) is 0 Å². The second-order valence-electron chi connectivity index (χ2n) is 4.09. The summed E-state index contributed by atoms with van der Waals surface area (Å²) in [5.41, 5.74) is 0.0233. The first-order chi connectivity index (χ1) is 9.95. The maximum absolute atomic E-state index is 11.9. The molecule has 8 heteroatoms. The van der Waals surface area contributed by atoms with Crippen molar-refractivity contribution in [2.45, 2.75) is 19.8 Å². The number of ether oxygens (including phenoxy) is 1. The monoisotopic (exact) mass is 358 g/mol. The highest BCUT2D eigenvalue weighted by atomic mass is 79.9. The summed E-state index contributed by atoms with van der Waals surface area (Å²) in [7, 11) is 0. The minimum Gasteiger partial charge on any atom is -0.466 e. The minimum atomic E-state index is -0.566. The van der Waals surface area contributed by atoms with Gasteiger partial charge in [-0.1, -0.05) is 0 Å². The smallest absolute Gasteiger partial charge is 0.305 e. The molecule has 0 heterocycles. The molecule has 21 heavy (non-hydrogen) atoms. The number of nitrogens with zero attached hydrogens (tertiary/aromatic N) is 1. The lowest BCUT2D eigenvalue weighted by atomic mass is 10.2. The Labute approximate surface area is 129 Å². The number of esters is 1. The van der Waals surface area contributed by atoms with E-state index in [-0.39, 0.29) is 30.2 Å². The predicted molar refractivity (Wildman–Crippen MR) is 79.0 cm³/mol. The fourth-order valence-electron chi connectivity index (χ4n) is 1.56. The standard InChI is InChI=1S/C13H15BrN2O5/c1-2-21-12(17)4-3-7-15-13(18)10-8-9(16(19)20)5-6-11(10)14/h5-6,8H,2-4,7H2,1H3,(H,15,18). The molecule has 1 aromatic carbocycles. The maximum Gasteiger partial charge on any atom is 0.305 e. The van der Waals surface area contributed by atoms with Crippen LogP contribution in [0.5, 0.6) is 0 Å². The van der Waals surface area contributed by atoms with E-state index in [1.807, 2.05) is 0 Å². The Kier molecular flexibility index (Phi) is 6.80. The van der Waals surface area contributed by atoms with Crippen molar-refractivity contribution in [2.75, 3.05) is 13.2 Å². The fourth-order valence-corrected chi connectivity index (χ4v) is 1.99. The zero-order valence-corrected chi connectivity index (χ0v) is 13.0. The quantitative estimate of drug-likeness (QED) is 0.349. The van der Waals surface area contributed by atoms with Crippen molar-refractivity contribution in [3.8, 4) is 0 Å². The van der Waals surface area contributed by atoms with Crippen LogP contribution in [0.2, 0.25) is 0 Å². The maximum atomic E-state index is 11.9. The number of hydrogen-bond acceptors (Lipinski definition) is 5. The average molecular weight is 359 g/mol.